The van der Waals surface area contributed by atoms with Crippen LogP contribution < -0.4 is 5.32 Å². The molecule has 2 aliphatic rings. The minimum Gasteiger partial charge on any atom is -0.480 e. The number of amides is 1. The number of carboxylic acids is 1. The molecule has 0 bridgehead atoms. The molecule has 2 atom stereocenters. The van der Waals surface area contributed by atoms with Crippen LogP contribution in [0, 0.1) is 5.92 Å². The van der Waals surface area contributed by atoms with Crippen molar-refractivity contribution in [1.82, 2.24) is 10.2 Å². The number of carboxylic acid groups (broad SMARTS) is 1. The zero-order valence-electron chi connectivity index (χ0n) is 10.2. The largest absolute Gasteiger partial charge is 0.480 e. The molecule has 0 aromatic carbocycles. The SMILES string of the molecule is CC1CCN(CC(=O)NC2CC2)C(C(=O)O)C1. The summed E-state index contributed by atoms with van der Waals surface area (Å²) in [7, 11) is 0. The second-order valence-corrected chi connectivity index (χ2v) is 5.30. The molecule has 1 aliphatic heterocycles. The van der Waals surface area contributed by atoms with E-state index >= 15 is 0 Å². The van der Waals surface area contributed by atoms with Gasteiger partial charge in [-0.25, -0.2) is 0 Å². The molecule has 0 radical (unpaired) electrons. The topological polar surface area (TPSA) is 69.6 Å². The zero-order valence-corrected chi connectivity index (χ0v) is 10.2. The molecule has 2 unspecified atom stereocenters. The van der Waals surface area contributed by atoms with Crippen molar-refractivity contribution >= 4 is 11.9 Å². The van der Waals surface area contributed by atoms with Crippen LogP contribution in [0.15, 0.2) is 0 Å². The first-order valence-corrected chi connectivity index (χ1v) is 6.32. The molecular formula is C12H20N2O3. The summed E-state index contributed by atoms with van der Waals surface area (Å²) >= 11 is 0. The highest BCUT2D eigenvalue weighted by Gasteiger charge is 2.33. The summed E-state index contributed by atoms with van der Waals surface area (Å²) < 4.78 is 0. The van der Waals surface area contributed by atoms with Gasteiger partial charge in [-0.3, -0.25) is 14.5 Å². The summed E-state index contributed by atoms with van der Waals surface area (Å²) in [5.74, 6) is -0.414. The van der Waals surface area contributed by atoms with Crippen LogP contribution in [0.1, 0.15) is 32.6 Å². The quantitative estimate of drug-likeness (QED) is 0.748. The third-order valence-corrected chi connectivity index (χ3v) is 3.55. The number of hydrogen-bond donors (Lipinski definition) is 2. The lowest BCUT2D eigenvalue weighted by Crippen LogP contribution is -2.50. The van der Waals surface area contributed by atoms with Crippen molar-refractivity contribution in [2.75, 3.05) is 13.1 Å². The van der Waals surface area contributed by atoms with Gasteiger partial charge in [-0.2, -0.15) is 0 Å². The molecule has 5 heteroatoms. The van der Waals surface area contributed by atoms with E-state index in [0.717, 1.165) is 19.3 Å². The molecule has 2 N–H and O–H groups in total. The van der Waals surface area contributed by atoms with Crippen LogP contribution in [-0.4, -0.2) is 47.1 Å². The molecule has 1 saturated carbocycles. The number of piperidine rings is 1. The molecule has 0 aromatic rings. The fourth-order valence-corrected chi connectivity index (χ4v) is 2.32. The molecular weight excluding hydrogens is 220 g/mol. The van der Waals surface area contributed by atoms with Crippen molar-refractivity contribution in [3.8, 4) is 0 Å². The molecule has 1 aliphatic carbocycles. The lowest BCUT2D eigenvalue weighted by atomic mass is 9.92. The summed E-state index contributed by atoms with van der Waals surface area (Å²) in [5, 5.41) is 12.1. The van der Waals surface area contributed by atoms with Crippen LogP contribution in [0.3, 0.4) is 0 Å². The highest BCUT2D eigenvalue weighted by atomic mass is 16.4. The van der Waals surface area contributed by atoms with Crippen molar-refractivity contribution in [2.24, 2.45) is 5.92 Å². The summed E-state index contributed by atoms with van der Waals surface area (Å²) in [6.45, 7) is 2.99. The molecule has 0 spiro atoms. The lowest BCUT2D eigenvalue weighted by molar-refractivity contribution is -0.146. The molecule has 5 nitrogen and oxygen atoms in total. The van der Waals surface area contributed by atoms with Gasteiger partial charge in [-0.05, 0) is 38.1 Å². The van der Waals surface area contributed by atoms with Crippen molar-refractivity contribution in [3.05, 3.63) is 0 Å². The predicted molar refractivity (Wildman–Crippen MR) is 62.6 cm³/mol. The Bertz CT molecular complexity index is 315. The van der Waals surface area contributed by atoms with Gasteiger partial charge in [0.25, 0.3) is 0 Å². The maximum absolute atomic E-state index is 11.7. The summed E-state index contributed by atoms with van der Waals surface area (Å²) in [5.41, 5.74) is 0. The van der Waals surface area contributed by atoms with Gasteiger partial charge in [0.05, 0.1) is 6.54 Å². The second kappa shape index (κ2) is 5.04. The van der Waals surface area contributed by atoms with Gasteiger partial charge in [-0.15, -0.1) is 0 Å². The second-order valence-electron chi connectivity index (χ2n) is 5.30. The fourth-order valence-electron chi connectivity index (χ4n) is 2.32. The highest BCUT2D eigenvalue weighted by Crippen LogP contribution is 2.23. The predicted octanol–water partition coefficient (Wildman–Crippen LogP) is 0.450. The van der Waals surface area contributed by atoms with Gasteiger partial charge in [-0.1, -0.05) is 6.92 Å². The number of carbonyl (C=O) groups is 2. The Hall–Kier alpha value is -1.10. The van der Waals surface area contributed by atoms with E-state index in [1.165, 1.54) is 0 Å². The molecule has 96 valence electrons. The smallest absolute Gasteiger partial charge is 0.320 e. The van der Waals surface area contributed by atoms with E-state index in [1.54, 1.807) is 4.90 Å². The third-order valence-electron chi connectivity index (χ3n) is 3.55. The van der Waals surface area contributed by atoms with Gasteiger partial charge in [0.1, 0.15) is 6.04 Å². The van der Waals surface area contributed by atoms with Gasteiger partial charge in [0.15, 0.2) is 0 Å². The highest BCUT2D eigenvalue weighted by molar-refractivity contribution is 5.80. The van der Waals surface area contributed by atoms with Crippen LogP contribution in [0.2, 0.25) is 0 Å². The van der Waals surface area contributed by atoms with Crippen molar-refractivity contribution in [3.63, 3.8) is 0 Å². The number of nitrogens with one attached hydrogen (secondary N) is 1. The summed E-state index contributed by atoms with van der Waals surface area (Å²) in [4.78, 5) is 24.6. The Morgan fingerprint density at radius 3 is 2.65 bits per heavy atom. The molecule has 2 fully saturated rings. The number of likely N-dealkylation sites (tertiary alicyclic amines) is 1. The molecule has 0 aromatic heterocycles. The van der Waals surface area contributed by atoms with Crippen LogP contribution in [0.4, 0.5) is 0 Å². The number of nitrogens with zero attached hydrogens (tertiary/aromatic N) is 1. The van der Waals surface area contributed by atoms with E-state index in [0.29, 0.717) is 24.9 Å². The van der Waals surface area contributed by atoms with Crippen LogP contribution >= 0.6 is 0 Å². The number of hydrogen-bond acceptors (Lipinski definition) is 3. The molecule has 1 saturated heterocycles. The normalized spacial score (nSPS) is 29.9. The van der Waals surface area contributed by atoms with E-state index in [9.17, 15) is 9.59 Å². The van der Waals surface area contributed by atoms with Crippen molar-refractivity contribution in [1.29, 1.82) is 0 Å². The van der Waals surface area contributed by atoms with Gasteiger partial charge in [0, 0.05) is 6.04 Å². The van der Waals surface area contributed by atoms with E-state index in [-0.39, 0.29) is 12.5 Å². The number of rotatable bonds is 4. The molecule has 1 heterocycles. The lowest BCUT2D eigenvalue weighted by Gasteiger charge is -2.35. The maximum atomic E-state index is 11.7. The van der Waals surface area contributed by atoms with E-state index < -0.39 is 12.0 Å². The maximum Gasteiger partial charge on any atom is 0.320 e. The first-order chi connectivity index (χ1) is 8.06. The Morgan fingerprint density at radius 2 is 2.06 bits per heavy atom. The van der Waals surface area contributed by atoms with Crippen LogP contribution in [-0.2, 0) is 9.59 Å². The van der Waals surface area contributed by atoms with Gasteiger partial charge < -0.3 is 10.4 Å². The Labute approximate surface area is 101 Å². The van der Waals surface area contributed by atoms with E-state index in [1.807, 2.05) is 0 Å². The first-order valence-electron chi connectivity index (χ1n) is 6.32. The van der Waals surface area contributed by atoms with Gasteiger partial charge in [0.2, 0.25) is 5.91 Å². The number of aliphatic carboxylic acids is 1. The minimum absolute atomic E-state index is 0.0340. The molecule has 17 heavy (non-hydrogen) atoms. The standard InChI is InChI=1S/C12H20N2O3/c1-8-4-5-14(10(6-8)12(16)17)7-11(15)13-9-2-3-9/h8-10H,2-7H2,1H3,(H,13,15)(H,16,17). The summed E-state index contributed by atoms with van der Waals surface area (Å²) in [6, 6.07) is -0.154. The Balaban J connectivity index is 1.87. The Kier molecular flexibility index (Phi) is 3.66. The Morgan fingerprint density at radius 1 is 1.35 bits per heavy atom. The fraction of sp³-hybridized carbons (Fsp3) is 0.833. The van der Waals surface area contributed by atoms with Gasteiger partial charge >= 0.3 is 5.97 Å². The van der Waals surface area contributed by atoms with E-state index in [4.69, 9.17) is 5.11 Å². The average molecular weight is 240 g/mol. The molecule has 2 rings (SSSR count). The number of carbonyl (C=O) groups excluding carboxylic acids is 1. The zero-order chi connectivity index (χ0) is 12.4. The average Bonchev–Trinajstić information content (AvgIpc) is 3.04. The third kappa shape index (κ3) is 3.43. The monoisotopic (exact) mass is 240 g/mol. The van der Waals surface area contributed by atoms with Crippen LogP contribution in [0.5, 0.6) is 0 Å². The van der Waals surface area contributed by atoms with Crippen LogP contribution in [0.25, 0.3) is 0 Å². The molecule has 1 amide bonds. The first kappa shape index (κ1) is 12.4. The van der Waals surface area contributed by atoms with E-state index in [2.05, 4.69) is 12.2 Å². The van der Waals surface area contributed by atoms with Crippen molar-refractivity contribution < 1.29 is 14.7 Å². The van der Waals surface area contributed by atoms with Crippen molar-refractivity contribution in [2.45, 2.75) is 44.7 Å². The summed E-state index contributed by atoms with van der Waals surface area (Å²) in [6.07, 6.45) is 3.74. The minimum atomic E-state index is -0.809.